The van der Waals surface area contributed by atoms with Crippen LogP contribution in [0, 0.1) is 0 Å². The highest BCUT2D eigenvalue weighted by molar-refractivity contribution is 7.99. The summed E-state index contributed by atoms with van der Waals surface area (Å²) in [6.45, 7) is 1.01. The summed E-state index contributed by atoms with van der Waals surface area (Å²) < 4.78 is 18.3. The van der Waals surface area contributed by atoms with Crippen molar-refractivity contribution in [1.29, 1.82) is 0 Å². The first-order chi connectivity index (χ1) is 13.7. The van der Waals surface area contributed by atoms with E-state index < -0.39 is 0 Å². The molecular weight excluding hydrogens is 378 g/mol. The summed E-state index contributed by atoms with van der Waals surface area (Å²) in [6.07, 6.45) is 0. The van der Waals surface area contributed by atoms with Crippen LogP contribution in [0.3, 0.4) is 0 Å². The zero-order valence-electron chi connectivity index (χ0n) is 15.5. The molecule has 7 nitrogen and oxygen atoms in total. The van der Waals surface area contributed by atoms with E-state index in [4.69, 9.17) is 14.2 Å². The summed E-state index contributed by atoms with van der Waals surface area (Å²) in [4.78, 5) is 12.6. The quantitative estimate of drug-likeness (QED) is 0.467. The van der Waals surface area contributed by atoms with Crippen molar-refractivity contribution in [1.82, 2.24) is 14.8 Å². The predicted molar refractivity (Wildman–Crippen MR) is 105 cm³/mol. The summed E-state index contributed by atoms with van der Waals surface area (Å²) >= 11 is 1.34. The molecule has 8 heteroatoms. The van der Waals surface area contributed by atoms with Crippen LogP contribution < -0.4 is 14.2 Å². The molecule has 4 rings (SSSR count). The van der Waals surface area contributed by atoms with Gasteiger partial charge in [0.1, 0.15) is 19.0 Å². The van der Waals surface area contributed by atoms with Gasteiger partial charge < -0.3 is 18.8 Å². The summed E-state index contributed by atoms with van der Waals surface area (Å²) in [5.74, 6) is 2.93. The Morgan fingerprint density at radius 1 is 1.14 bits per heavy atom. The molecule has 1 aliphatic heterocycles. The van der Waals surface area contributed by atoms with E-state index in [0.29, 0.717) is 41.3 Å². The second-order valence-corrected chi connectivity index (χ2v) is 7.08. The van der Waals surface area contributed by atoms with Crippen molar-refractivity contribution in [2.75, 3.05) is 26.1 Å². The fraction of sp³-hybridized carbons (Fsp3) is 0.250. The standard InChI is InChI=1S/C20H19N3O4S/c1-23-19(14-5-3-4-6-16(14)25-2)21-22-20(23)28-12-15(24)13-7-8-17-18(11-13)27-10-9-26-17/h3-8,11H,9-10,12H2,1-2H3. The van der Waals surface area contributed by atoms with E-state index >= 15 is 0 Å². The second-order valence-electron chi connectivity index (χ2n) is 6.14. The maximum Gasteiger partial charge on any atom is 0.191 e. The minimum Gasteiger partial charge on any atom is -0.496 e. The fourth-order valence-corrected chi connectivity index (χ4v) is 3.74. The van der Waals surface area contributed by atoms with Gasteiger partial charge in [-0.3, -0.25) is 4.79 Å². The monoisotopic (exact) mass is 397 g/mol. The maximum atomic E-state index is 12.6. The highest BCUT2D eigenvalue weighted by atomic mass is 32.2. The normalized spacial score (nSPS) is 12.6. The number of Topliss-reactive ketones (excluding diaryl/α,β-unsaturated/α-hetero) is 1. The molecule has 0 spiro atoms. The Morgan fingerprint density at radius 2 is 1.93 bits per heavy atom. The van der Waals surface area contributed by atoms with Crippen molar-refractivity contribution in [3.8, 4) is 28.6 Å². The average molecular weight is 397 g/mol. The van der Waals surface area contributed by atoms with Gasteiger partial charge in [-0.15, -0.1) is 10.2 Å². The van der Waals surface area contributed by atoms with E-state index in [1.807, 2.05) is 35.9 Å². The number of ketones is 1. The number of aromatic nitrogens is 3. The molecular formula is C20H19N3O4S. The van der Waals surface area contributed by atoms with E-state index in [9.17, 15) is 4.79 Å². The van der Waals surface area contributed by atoms with Gasteiger partial charge in [0.2, 0.25) is 0 Å². The highest BCUT2D eigenvalue weighted by Crippen LogP contribution is 2.32. The third-order valence-corrected chi connectivity index (χ3v) is 5.40. The molecule has 1 aromatic heterocycles. The molecule has 0 atom stereocenters. The van der Waals surface area contributed by atoms with Gasteiger partial charge in [0.25, 0.3) is 0 Å². The molecule has 1 aliphatic rings. The zero-order chi connectivity index (χ0) is 19.5. The number of benzene rings is 2. The molecule has 0 unspecified atom stereocenters. The van der Waals surface area contributed by atoms with E-state index in [1.165, 1.54) is 11.8 Å². The molecule has 0 fully saturated rings. The molecule has 2 aromatic carbocycles. The molecule has 0 aliphatic carbocycles. The van der Waals surface area contributed by atoms with Gasteiger partial charge in [-0.1, -0.05) is 23.9 Å². The first kappa shape index (κ1) is 18.4. The highest BCUT2D eigenvalue weighted by Gasteiger charge is 2.18. The van der Waals surface area contributed by atoms with Crippen molar-refractivity contribution in [2.45, 2.75) is 5.16 Å². The summed E-state index contributed by atoms with van der Waals surface area (Å²) in [5.41, 5.74) is 1.44. The van der Waals surface area contributed by atoms with Crippen molar-refractivity contribution in [3.63, 3.8) is 0 Å². The van der Waals surface area contributed by atoms with Crippen LogP contribution in [0.4, 0.5) is 0 Å². The number of methoxy groups -OCH3 is 1. The van der Waals surface area contributed by atoms with Gasteiger partial charge in [-0.2, -0.15) is 0 Å². The average Bonchev–Trinajstić information content (AvgIpc) is 3.11. The van der Waals surface area contributed by atoms with E-state index in [1.54, 1.807) is 25.3 Å². The Balaban J connectivity index is 1.48. The molecule has 0 radical (unpaired) electrons. The Kier molecular flexibility index (Phi) is 5.21. The first-order valence-corrected chi connectivity index (χ1v) is 9.74. The van der Waals surface area contributed by atoms with Crippen LogP contribution in [0.1, 0.15) is 10.4 Å². The largest absolute Gasteiger partial charge is 0.496 e. The number of hydrogen-bond acceptors (Lipinski definition) is 7. The Bertz CT molecular complexity index is 1020. The molecule has 3 aromatic rings. The third kappa shape index (κ3) is 3.55. The number of hydrogen-bond donors (Lipinski definition) is 0. The van der Waals surface area contributed by atoms with Crippen LogP contribution in [0.25, 0.3) is 11.4 Å². The van der Waals surface area contributed by atoms with Crippen molar-refractivity contribution >= 4 is 17.5 Å². The Morgan fingerprint density at radius 3 is 2.75 bits per heavy atom. The lowest BCUT2D eigenvalue weighted by Gasteiger charge is -2.18. The lowest BCUT2D eigenvalue weighted by atomic mass is 10.1. The molecule has 144 valence electrons. The van der Waals surface area contributed by atoms with E-state index in [0.717, 1.165) is 11.3 Å². The maximum absolute atomic E-state index is 12.6. The second kappa shape index (κ2) is 7.93. The number of carbonyl (C=O) groups excluding carboxylic acids is 1. The number of thioether (sulfide) groups is 1. The van der Waals surface area contributed by atoms with Crippen LogP contribution in [0.2, 0.25) is 0 Å². The minimum atomic E-state index is -0.0104. The summed E-state index contributed by atoms with van der Waals surface area (Å²) in [6, 6.07) is 12.9. The van der Waals surface area contributed by atoms with E-state index in [-0.39, 0.29) is 11.5 Å². The fourth-order valence-electron chi connectivity index (χ4n) is 2.93. The topological polar surface area (TPSA) is 75.5 Å². The van der Waals surface area contributed by atoms with E-state index in [2.05, 4.69) is 10.2 Å². The summed E-state index contributed by atoms with van der Waals surface area (Å²) in [7, 11) is 3.50. The van der Waals surface area contributed by atoms with Gasteiger partial charge in [-0.05, 0) is 30.3 Å². The van der Waals surface area contributed by atoms with Gasteiger partial charge in [0.15, 0.2) is 28.3 Å². The molecule has 28 heavy (non-hydrogen) atoms. The number of carbonyl (C=O) groups is 1. The van der Waals surface area contributed by atoms with Crippen LogP contribution in [0.15, 0.2) is 47.6 Å². The SMILES string of the molecule is COc1ccccc1-c1nnc(SCC(=O)c2ccc3c(c2)OCCO3)n1C. The Hall–Kier alpha value is -3.00. The summed E-state index contributed by atoms with van der Waals surface area (Å²) in [5, 5.41) is 9.15. The molecule has 0 N–H and O–H groups in total. The molecule has 0 saturated heterocycles. The lowest BCUT2D eigenvalue weighted by Crippen LogP contribution is -2.16. The van der Waals surface area contributed by atoms with Crippen LogP contribution in [0.5, 0.6) is 17.2 Å². The van der Waals surface area contributed by atoms with Crippen molar-refractivity contribution < 1.29 is 19.0 Å². The number of rotatable bonds is 6. The van der Waals surface area contributed by atoms with Gasteiger partial charge in [-0.25, -0.2) is 0 Å². The minimum absolute atomic E-state index is 0.0104. The number of fused-ring (bicyclic) bond motifs is 1. The zero-order valence-corrected chi connectivity index (χ0v) is 16.4. The predicted octanol–water partition coefficient (Wildman–Crippen LogP) is 3.24. The van der Waals surface area contributed by atoms with Gasteiger partial charge in [0.05, 0.1) is 18.4 Å². The number of para-hydroxylation sites is 1. The van der Waals surface area contributed by atoms with Gasteiger partial charge >= 0.3 is 0 Å². The van der Waals surface area contributed by atoms with Crippen molar-refractivity contribution in [3.05, 3.63) is 48.0 Å². The van der Waals surface area contributed by atoms with Crippen LogP contribution in [-0.4, -0.2) is 46.6 Å². The third-order valence-electron chi connectivity index (χ3n) is 4.38. The smallest absolute Gasteiger partial charge is 0.191 e. The van der Waals surface area contributed by atoms with Crippen molar-refractivity contribution in [2.24, 2.45) is 7.05 Å². The molecule has 0 amide bonds. The molecule has 2 heterocycles. The molecule has 0 bridgehead atoms. The van der Waals surface area contributed by atoms with Crippen LogP contribution >= 0.6 is 11.8 Å². The van der Waals surface area contributed by atoms with Crippen LogP contribution in [-0.2, 0) is 7.05 Å². The first-order valence-electron chi connectivity index (χ1n) is 8.76. The molecule has 0 saturated carbocycles. The lowest BCUT2D eigenvalue weighted by molar-refractivity contribution is 0.102. The number of ether oxygens (including phenoxy) is 3. The number of nitrogens with zero attached hydrogens (tertiary/aromatic N) is 3. The Labute approximate surface area is 166 Å². The van der Waals surface area contributed by atoms with Gasteiger partial charge in [0, 0.05) is 12.6 Å².